The minimum atomic E-state index is -0.957. The first-order valence-electron chi connectivity index (χ1n) is 6.95. The van der Waals surface area contributed by atoms with E-state index in [0.717, 1.165) is 12.8 Å². The summed E-state index contributed by atoms with van der Waals surface area (Å²) in [4.78, 5) is 35.5. The summed E-state index contributed by atoms with van der Waals surface area (Å²) in [6, 6.07) is 0. The summed E-state index contributed by atoms with van der Waals surface area (Å²) in [5.41, 5.74) is 0. The van der Waals surface area contributed by atoms with Crippen molar-refractivity contribution in [3.8, 4) is 0 Å². The summed E-state index contributed by atoms with van der Waals surface area (Å²) < 4.78 is 9.90. The number of ether oxygens (including phenoxy) is 2. The molecule has 1 atom stereocenters. The minimum Gasteiger partial charge on any atom is -0.465 e. The van der Waals surface area contributed by atoms with Gasteiger partial charge in [0.05, 0.1) is 13.2 Å². The van der Waals surface area contributed by atoms with Crippen LogP contribution < -0.4 is 0 Å². The summed E-state index contributed by atoms with van der Waals surface area (Å²) in [5.74, 6) is -2.27. The number of esters is 2. The van der Waals surface area contributed by atoms with Crippen LogP contribution in [0, 0.1) is 11.8 Å². The quantitative estimate of drug-likeness (QED) is 0.433. The predicted octanol–water partition coefficient (Wildman–Crippen LogP) is 1.88. The highest BCUT2D eigenvalue weighted by atomic mass is 16.6. The van der Waals surface area contributed by atoms with Crippen LogP contribution in [-0.2, 0) is 23.9 Å². The smallest absolute Gasteiger partial charge is 0.320 e. The Balaban J connectivity index is 2.83. The van der Waals surface area contributed by atoms with Crippen molar-refractivity contribution in [1.82, 2.24) is 0 Å². The van der Waals surface area contributed by atoms with Gasteiger partial charge in [0.2, 0.25) is 0 Å². The molecular formula is C14H22O5. The molecule has 0 radical (unpaired) electrons. The molecule has 1 fully saturated rings. The van der Waals surface area contributed by atoms with Gasteiger partial charge < -0.3 is 9.47 Å². The van der Waals surface area contributed by atoms with E-state index in [9.17, 15) is 14.4 Å². The zero-order chi connectivity index (χ0) is 14.3. The van der Waals surface area contributed by atoms with Crippen molar-refractivity contribution in [2.24, 2.45) is 11.8 Å². The van der Waals surface area contributed by atoms with Gasteiger partial charge in [-0.05, 0) is 32.6 Å². The van der Waals surface area contributed by atoms with Crippen LogP contribution in [0.5, 0.6) is 0 Å². The molecule has 1 unspecified atom stereocenters. The molecule has 0 N–H and O–H groups in total. The van der Waals surface area contributed by atoms with Gasteiger partial charge in [-0.1, -0.05) is 6.42 Å². The molecule has 108 valence electrons. The van der Waals surface area contributed by atoms with E-state index in [1.165, 1.54) is 0 Å². The summed E-state index contributed by atoms with van der Waals surface area (Å²) in [7, 11) is 0. The number of carbonyl (C=O) groups excluding carboxylic acids is 3. The van der Waals surface area contributed by atoms with Gasteiger partial charge in [-0.25, -0.2) is 0 Å². The van der Waals surface area contributed by atoms with E-state index >= 15 is 0 Å². The fourth-order valence-electron chi connectivity index (χ4n) is 2.45. The highest BCUT2D eigenvalue weighted by Crippen LogP contribution is 2.29. The van der Waals surface area contributed by atoms with Crippen LogP contribution in [0.1, 0.15) is 46.0 Å². The third-order valence-electron chi connectivity index (χ3n) is 3.32. The van der Waals surface area contributed by atoms with Crippen LogP contribution >= 0.6 is 0 Å². The van der Waals surface area contributed by atoms with Crippen LogP contribution in [0.2, 0.25) is 0 Å². The van der Waals surface area contributed by atoms with Gasteiger partial charge in [-0.2, -0.15) is 0 Å². The molecule has 0 aliphatic heterocycles. The lowest BCUT2D eigenvalue weighted by molar-refractivity contribution is -0.164. The fraction of sp³-hybridized carbons (Fsp3) is 0.786. The van der Waals surface area contributed by atoms with Gasteiger partial charge in [0.25, 0.3) is 0 Å². The number of ketones is 1. The Morgan fingerprint density at radius 3 is 2.26 bits per heavy atom. The molecule has 1 aliphatic rings. The Labute approximate surface area is 113 Å². The Morgan fingerprint density at radius 2 is 1.74 bits per heavy atom. The second-order valence-corrected chi connectivity index (χ2v) is 4.73. The first kappa shape index (κ1) is 15.7. The number of Topliss-reactive ketones (excluding diaryl/α,β-unsaturated/α-hetero) is 1. The second-order valence-electron chi connectivity index (χ2n) is 4.73. The highest BCUT2D eigenvalue weighted by molar-refractivity contribution is 5.96. The van der Waals surface area contributed by atoms with Crippen molar-refractivity contribution in [2.45, 2.75) is 46.0 Å². The van der Waals surface area contributed by atoms with E-state index in [1.807, 2.05) is 0 Å². The molecule has 0 spiro atoms. The molecule has 0 bridgehead atoms. The Morgan fingerprint density at radius 1 is 1.16 bits per heavy atom. The van der Waals surface area contributed by atoms with E-state index in [1.54, 1.807) is 13.8 Å². The molecule has 5 nitrogen and oxygen atoms in total. The molecule has 0 heterocycles. The summed E-state index contributed by atoms with van der Waals surface area (Å²) in [6.07, 6.45) is 3.17. The average Bonchev–Trinajstić information content (AvgIpc) is 2.55. The van der Waals surface area contributed by atoms with Crippen LogP contribution in [0.15, 0.2) is 0 Å². The number of carbonyl (C=O) groups is 3. The van der Waals surface area contributed by atoms with Gasteiger partial charge in [0.15, 0.2) is 5.92 Å². The molecule has 0 aromatic heterocycles. The molecule has 5 heteroatoms. The van der Waals surface area contributed by atoms with Crippen LogP contribution in [0.3, 0.4) is 0 Å². The molecule has 0 aromatic carbocycles. The second kappa shape index (κ2) is 7.92. The average molecular weight is 270 g/mol. The fourth-order valence-corrected chi connectivity index (χ4v) is 2.45. The largest absolute Gasteiger partial charge is 0.465 e. The Bertz CT molecular complexity index is 319. The van der Waals surface area contributed by atoms with E-state index in [-0.39, 0.29) is 31.3 Å². The lowest BCUT2D eigenvalue weighted by Gasteiger charge is -2.22. The van der Waals surface area contributed by atoms with E-state index in [0.29, 0.717) is 12.8 Å². The number of hydrogen-bond acceptors (Lipinski definition) is 5. The normalized spacial score (nSPS) is 19.9. The number of rotatable bonds is 5. The van der Waals surface area contributed by atoms with Gasteiger partial charge >= 0.3 is 11.9 Å². The molecule has 1 aliphatic carbocycles. The van der Waals surface area contributed by atoms with E-state index in [2.05, 4.69) is 0 Å². The first-order valence-corrected chi connectivity index (χ1v) is 6.95. The maximum absolute atomic E-state index is 11.9. The lowest BCUT2D eigenvalue weighted by Crippen LogP contribution is -2.35. The maximum Gasteiger partial charge on any atom is 0.320 e. The molecule has 1 rings (SSSR count). The molecule has 0 saturated heterocycles. The monoisotopic (exact) mass is 270 g/mol. The van der Waals surface area contributed by atoms with Crippen molar-refractivity contribution in [3.05, 3.63) is 0 Å². The van der Waals surface area contributed by atoms with Crippen molar-refractivity contribution in [2.75, 3.05) is 13.2 Å². The topological polar surface area (TPSA) is 69.7 Å². The third kappa shape index (κ3) is 4.65. The first-order chi connectivity index (χ1) is 9.10. The molecule has 19 heavy (non-hydrogen) atoms. The molecular weight excluding hydrogens is 248 g/mol. The standard InChI is InChI=1S/C14H22O5/c1-3-18-13(16)12(14(17)19-4-2)10-7-5-6-8-11(15)9-10/h10,12H,3-9H2,1-2H3. The van der Waals surface area contributed by atoms with Gasteiger partial charge in [0, 0.05) is 12.8 Å². The highest BCUT2D eigenvalue weighted by Gasteiger charge is 2.38. The van der Waals surface area contributed by atoms with Crippen molar-refractivity contribution >= 4 is 17.7 Å². The van der Waals surface area contributed by atoms with Gasteiger partial charge in [0.1, 0.15) is 5.78 Å². The van der Waals surface area contributed by atoms with Gasteiger partial charge in [-0.3, -0.25) is 14.4 Å². The Kier molecular flexibility index (Phi) is 6.53. The van der Waals surface area contributed by atoms with Crippen LogP contribution in [0.4, 0.5) is 0 Å². The SMILES string of the molecule is CCOC(=O)C(C(=O)OCC)C1CCCCC(=O)C1. The summed E-state index contributed by atoms with van der Waals surface area (Å²) >= 11 is 0. The summed E-state index contributed by atoms with van der Waals surface area (Å²) in [5, 5.41) is 0. The Hall–Kier alpha value is -1.39. The lowest BCUT2D eigenvalue weighted by atomic mass is 9.86. The van der Waals surface area contributed by atoms with E-state index in [4.69, 9.17) is 9.47 Å². The number of hydrogen-bond donors (Lipinski definition) is 0. The van der Waals surface area contributed by atoms with Gasteiger partial charge in [-0.15, -0.1) is 0 Å². The predicted molar refractivity (Wildman–Crippen MR) is 68.3 cm³/mol. The summed E-state index contributed by atoms with van der Waals surface area (Å²) in [6.45, 7) is 3.82. The maximum atomic E-state index is 11.9. The third-order valence-corrected chi connectivity index (χ3v) is 3.32. The van der Waals surface area contributed by atoms with Crippen LogP contribution in [0.25, 0.3) is 0 Å². The van der Waals surface area contributed by atoms with Crippen molar-refractivity contribution in [3.63, 3.8) is 0 Å². The minimum absolute atomic E-state index is 0.112. The van der Waals surface area contributed by atoms with Crippen molar-refractivity contribution in [1.29, 1.82) is 0 Å². The van der Waals surface area contributed by atoms with Crippen molar-refractivity contribution < 1.29 is 23.9 Å². The molecule has 1 saturated carbocycles. The molecule has 0 amide bonds. The van der Waals surface area contributed by atoms with Crippen LogP contribution in [-0.4, -0.2) is 30.9 Å². The zero-order valence-corrected chi connectivity index (χ0v) is 11.6. The van der Waals surface area contributed by atoms with E-state index < -0.39 is 17.9 Å². The zero-order valence-electron chi connectivity index (χ0n) is 11.6. The molecule has 0 aromatic rings.